The van der Waals surface area contributed by atoms with Crippen molar-refractivity contribution in [1.82, 2.24) is 0 Å². The van der Waals surface area contributed by atoms with Crippen LogP contribution in [0.25, 0.3) is 6.08 Å². The summed E-state index contributed by atoms with van der Waals surface area (Å²) in [4.78, 5) is 49.3. The van der Waals surface area contributed by atoms with Crippen LogP contribution < -0.4 is 0 Å². The van der Waals surface area contributed by atoms with Crippen molar-refractivity contribution in [2.75, 3.05) is 6.61 Å². The molecule has 11 nitrogen and oxygen atoms in total. The van der Waals surface area contributed by atoms with Crippen molar-refractivity contribution in [3.63, 3.8) is 0 Å². The lowest BCUT2D eigenvalue weighted by Gasteiger charge is -2.40. The highest BCUT2D eigenvalue weighted by Gasteiger charge is 2.47. The number of rotatable bonds is 6. The molecule has 1 aliphatic heterocycles. The van der Waals surface area contributed by atoms with Crippen LogP contribution in [0, 0.1) is 0 Å². The van der Waals surface area contributed by atoms with Gasteiger partial charge in [0.05, 0.1) is 13.0 Å². The molecule has 170 valence electrons. The van der Waals surface area contributed by atoms with E-state index in [4.69, 9.17) is 9.47 Å². The number of hydrogen-bond acceptors (Lipinski definition) is 11. The maximum atomic E-state index is 12.7. The third-order valence-electron chi connectivity index (χ3n) is 4.94. The van der Waals surface area contributed by atoms with Crippen molar-refractivity contribution in [2.45, 2.75) is 37.1 Å². The molecule has 0 amide bonds. The third kappa shape index (κ3) is 4.66. The van der Waals surface area contributed by atoms with Crippen LogP contribution in [0.1, 0.15) is 12.0 Å². The molecule has 0 spiro atoms. The summed E-state index contributed by atoms with van der Waals surface area (Å²) in [6.45, 7) is -0.781. The summed E-state index contributed by atoms with van der Waals surface area (Å²) in [6.07, 6.45) is -7.31. The number of phenolic OH excluding ortho intramolecular Hbond substituents is 1. The fourth-order valence-corrected chi connectivity index (χ4v) is 3.16. The Bertz CT molecular complexity index is 990. The number of carbonyl (C=O) groups is 4. The van der Waals surface area contributed by atoms with Crippen molar-refractivity contribution in [3.8, 4) is 5.75 Å². The Morgan fingerprint density at radius 2 is 1.69 bits per heavy atom. The van der Waals surface area contributed by atoms with E-state index >= 15 is 0 Å². The van der Waals surface area contributed by atoms with E-state index in [2.05, 4.69) is 0 Å². The number of aliphatic hydroxyl groups is 4. The van der Waals surface area contributed by atoms with Gasteiger partial charge >= 0.3 is 0 Å². The normalized spacial score (nSPS) is 29.0. The van der Waals surface area contributed by atoms with Gasteiger partial charge in [0.1, 0.15) is 35.7 Å². The Morgan fingerprint density at radius 1 is 1.03 bits per heavy atom. The summed E-state index contributed by atoms with van der Waals surface area (Å²) >= 11 is 0. The van der Waals surface area contributed by atoms with Crippen molar-refractivity contribution < 1.29 is 54.2 Å². The van der Waals surface area contributed by atoms with E-state index in [0.717, 1.165) is 6.08 Å². The highest BCUT2D eigenvalue weighted by molar-refractivity contribution is 6.52. The molecule has 3 rings (SSSR count). The number of Topliss-reactive ketones (excluding diaryl/α,β-unsaturated/α-hetero) is 3. The molecule has 11 heteroatoms. The van der Waals surface area contributed by atoms with Crippen molar-refractivity contribution in [1.29, 1.82) is 0 Å². The molecule has 5 N–H and O–H groups in total. The fraction of sp³-hybridized carbons (Fsp3) is 0.333. The average molecular weight is 448 g/mol. The summed E-state index contributed by atoms with van der Waals surface area (Å²) in [7, 11) is 0. The molecule has 0 radical (unpaired) electrons. The Hall–Kier alpha value is -3.22. The van der Waals surface area contributed by atoms with Gasteiger partial charge in [-0.3, -0.25) is 19.2 Å². The molecule has 1 saturated heterocycles. The van der Waals surface area contributed by atoms with Crippen molar-refractivity contribution in [3.05, 3.63) is 47.2 Å². The highest BCUT2D eigenvalue weighted by atomic mass is 16.7. The maximum absolute atomic E-state index is 12.7. The predicted molar refractivity (Wildman–Crippen MR) is 104 cm³/mol. The lowest BCUT2D eigenvalue weighted by molar-refractivity contribution is -0.290. The zero-order valence-corrected chi connectivity index (χ0v) is 16.5. The van der Waals surface area contributed by atoms with E-state index in [1.165, 1.54) is 30.3 Å². The molecular weight excluding hydrogens is 428 g/mol. The van der Waals surface area contributed by atoms with Crippen LogP contribution >= 0.6 is 0 Å². The van der Waals surface area contributed by atoms with Gasteiger partial charge < -0.3 is 35.0 Å². The van der Waals surface area contributed by atoms with Gasteiger partial charge in [-0.1, -0.05) is 18.2 Å². The van der Waals surface area contributed by atoms with Crippen molar-refractivity contribution >= 4 is 29.2 Å². The molecule has 0 saturated carbocycles. The highest BCUT2D eigenvalue weighted by Crippen LogP contribution is 2.28. The second-order valence-electron chi connectivity index (χ2n) is 7.16. The van der Waals surface area contributed by atoms with Crippen LogP contribution in [-0.4, -0.2) is 86.0 Å². The third-order valence-corrected chi connectivity index (χ3v) is 4.94. The van der Waals surface area contributed by atoms with Gasteiger partial charge in [0.2, 0.25) is 12.1 Å². The van der Waals surface area contributed by atoms with Crippen LogP contribution in [-0.2, 0) is 28.7 Å². The average Bonchev–Trinajstić information content (AvgIpc) is 2.76. The standard InChI is InChI=1S/C21H20O11/c22-8-14-17(28)18(29)19(30)21(31-14)32-20-15(12(25)7-13(26)16(20)27)11(24)6-3-9-1-4-10(23)5-2-9/h1-6,14,17-19,21-23,28-30H,7-8H2. The minimum Gasteiger partial charge on any atom is -0.508 e. The topological polar surface area (TPSA) is 188 Å². The molecule has 32 heavy (non-hydrogen) atoms. The van der Waals surface area contributed by atoms with E-state index in [-0.39, 0.29) is 5.75 Å². The molecule has 1 heterocycles. The Kier molecular flexibility index (Phi) is 6.96. The number of aliphatic hydroxyl groups excluding tert-OH is 4. The van der Waals surface area contributed by atoms with E-state index < -0.39 is 78.2 Å². The Balaban J connectivity index is 1.94. The smallest absolute Gasteiger partial charge is 0.264 e. The Labute approximate surface area is 180 Å². The minimum atomic E-state index is -1.93. The number of aromatic hydroxyl groups is 1. The van der Waals surface area contributed by atoms with Gasteiger partial charge in [0.15, 0.2) is 17.3 Å². The molecule has 1 fully saturated rings. The number of allylic oxidation sites excluding steroid dienone is 3. The SMILES string of the molecule is O=C(C=Cc1ccc(O)cc1)C1=C(OC2OC(CO)C(O)C(O)C2O)C(=O)C(=O)CC1=O. The van der Waals surface area contributed by atoms with Crippen LogP contribution in [0.2, 0.25) is 0 Å². The van der Waals surface area contributed by atoms with Gasteiger partial charge in [-0.25, -0.2) is 0 Å². The molecule has 5 atom stereocenters. The predicted octanol–water partition coefficient (Wildman–Crippen LogP) is -1.84. The van der Waals surface area contributed by atoms with Gasteiger partial charge in [-0.2, -0.15) is 0 Å². The van der Waals surface area contributed by atoms with E-state index in [1.54, 1.807) is 0 Å². The fourth-order valence-electron chi connectivity index (χ4n) is 3.16. The van der Waals surface area contributed by atoms with Crippen LogP contribution in [0.5, 0.6) is 5.75 Å². The summed E-state index contributed by atoms with van der Waals surface area (Å²) < 4.78 is 10.3. The van der Waals surface area contributed by atoms with Gasteiger partial charge in [0.25, 0.3) is 5.78 Å². The summed E-state index contributed by atoms with van der Waals surface area (Å²) in [5.74, 6) is -5.37. The monoisotopic (exact) mass is 448 g/mol. The molecule has 0 bridgehead atoms. The van der Waals surface area contributed by atoms with Crippen LogP contribution in [0.3, 0.4) is 0 Å². The first-order valence-electron chi connectivity index (χ1n) is 9.47. The zero-order valence-electron chi connectivity index (χ0n) is 16.5. The summed E-state index contributed by atoms with van der Waals surface area (Å²) in [5.41, 5.74) is -0.264. The molecule has 1 aromatic carbocycles. The largest absolute Gasteiger partial charge is 0.508 e. The molecule has 0 aromatic heterocycles. The van der Waals surface area contributed by atoms with Gasteiger partial charge in [-0.05, 0) is 23.8 Å². The number of ether oxygens (including phenoxy) is 2. The quantitative estimate of drug-likeness (QED) is 0.142. The van der Waals surface area contributed by atoms with E-state index in [9.17, 15) is 44.7 Å². The number of phenols is 1. The number of hydrogen-bond donors (Lipinski definition) is 5. The molecule has 1 aromatic rings. The Morgan fingerprint density at radius 3 is 2.31 bits per heavy atom. The lowest BCUT2D eigenvalue weighted by atomic mass is 9.91. The number of benzene rings is 1. The molecule has 1 aliphatic carbocycles. The van der Waals surface area contributed by atoms with Gasteiger partial charge in [-0.15, -0.1) is 0 Å². The van der Waals surface area contributed by atoms with Crippen molar-refractivity contribution in [2.24, 2.45) is 0 Å². The first kappa shape index (κ1) is 23.4. The number of carbonyl (C=O) groups excluding carboxylic acids is 4. The first-order valence-corrected chi connectivity index (χ1v) is 9.47. The van der Waals surface area contributed by atoms with E-state index in [1.807, 2.05) is 0 Å². The first-order chi connectivity index (χ1) is 15.1. The summed E-state index contributed by atoms with van der Waals surface area (Å²) in [6, 6.07) is 5.70. The minimum absolute atomic E-state index is 0.00188. The summed E-state index contributed by atoms with van der Waals surface area (Å²) in [5, 5.41) is 48.4. The maximum Gasteiger partial charge on any atom is 0.264 e. The molecular formula is C21H20O11. The number of ketones is 4. The van der Waals surface area contributed by atoms with Gasteiger partial charge in [0, 0.05) is 0 Å². The van der Waals surface area contributed by atoms with Crippen LogP contribution in [0.15, 0.2) is 41.7 Å². The second kappa shape index (κ2) is 9.51. The zero-order chi connectivity index (χ0) is 23.6. The molecule has 2 aliphatic rings. The molecule has 5 unspecified atom stereocenters. The van der Waals surface area contributed by atoms with Crippen LogP contribution in [0.4, 0.5) is 0 Å². The lowest BCUT2D eigenvalue weighted by Crippen LogP contribution is -2.59. The van der Waals surface area contributed by atoms with E-state index in [0.29, 0.717) is 5.56 Å². The second-order valence-corrected chi connectivity index (χ2v) is 7.16.